The van der Waals surface area contributed by atoms with Crippen molar-refractivity contribution in [3.05, 3.63) is 113 Å². The summed E-state index contributed by atoms with van der Waals surface area (Å²) in [5.74, 6) is -1.56. The van der Waals surface area contributed by atoms with Gasteiger partial charge in [-0.25, -0.2) is 0 Å². The third-order valence-corrected chi connectivity index (χ3v) is 6.86. The van der Waals surface area contributed by atoms with Crippen LogP contribution in [0.4, 0.5) is 5.69 Å². The van der Waals surface area contributed by atoms with Gasteiger partial charge in [-0.1, -0.05) is 42.5 Å². The maximum Gasteiger partial charge on any atom is 0.323 e. The van der Waals surface area contributed by atoms with Gasteiger partial charge in [0.1, 0.15) is 25.0 Å². The fourth-order valence-corrected chi connectivity index (χ4v) is 4.52. The van der Waals surface area contributed by atoms with Crippen LogP contribution >= 0.6 is 0 Å². The number of anilines is 1. The first kappa shape index (κ1) is 31.2. The number of aliphatic carboxylic acids is 1. The molecule has 0 saturated heterocycles. The fourth-order valence-electron chi connectivity index (χ4n) is 4.52. The summed E-state index contributed by atoms with van der Waals surface area (Å²) in [7, 11) is 1.49. The Kier molecular flexibility index (Phi) is 10.3. The Labute approximate surface area is 254 Å². The standard InChI is InChI=1S/C33H34N4O7/c1-43-29-18-24(10-14-28(29)44-20-22-5-3-2-4-6-22)31(36-25-11-8-23(9-12-25)32(34)35)33(42)37(19-30(40)41)16-15-21-7-13-26(38)27(39)17-21/h2-14,17-18,31,36,38-39H,15-16,19-20H2,1H3,(H3,34,35)(H,40,41). The number of carbonyl (C=O) groups excluding carboxylic acids is 1. The minimum atomic E-state index is -1.20. The molecule has 0 bridgehead atoms. The molecule has 4 rings (SSSR count). The van der Waals surface area contributed by atoms with E-state index in [0.717, 1.165) is 5.56 Å². The number of benzene rings is 4. The molecular weight excluding hydrogens is 564 g/mol. The highest BCUT2D eigenvalue weighted by atomic mass is 16.5. The van der Waals surface area contributed by atoms with Crippen LogP contribution in [-0.2, 0) is 22.6 Å². The van der Waals surface area contributed by atoms with Crippen LogP contribution in [-0.4, -0.2) is 58.1 Å². The minimum absolute atomic E-state index is 0.0200. The maximum atomic E-state index is 14.1. The summed E-state index contributed by atoms with van der Waals surface area (Å²) in [6, 6.07) is 24.5. The summed E-state index contributed by atoms with van der Waals surface area (Å²) < 4.78 is 11.6. The topological polar surface area (TPSA) is 178 Å². The Hall–Kier alpha value is -5.71. The van der Waals surface area contributed by atoms with E-state index < -0.39 is 24.5 Å². The number of nitrogens with two attached hydrogens (primary N) is 1. The zero-order valence-electron chi connectivity index (χ0n) is 24.1. The number of nitrogens with one attached hydrogen (secondary N) is 2. The van der Waals surface area contributed by atoms with Gasteiger partial charge >= 0.3 is 5.97 Å². The van der Waals surface area contributed by atoms with Crippen molar-refractivity contribution in [1.82, 2.24) is 4.90 Å². The van der Waals surface area contributed by atoms with E-state index in [0.29, 0.717) is 40.5 Å². The predicted octanol–water partition coefficient (Wildman–Crippen LogP) is 4.28. The predicted molar refractivity (Wildman–Crippen MR) is 165 cm³/mol. The highest BCUT2D eigenvalue weighted by molar-refractivity contribution is 5.95. The second kappa shape index (κ2) is 14.5. The Morgan fingerprint density at radius 1 is 0.909 bits per heavy atom. The van der Waals surface area contributed by atoms with Crippen molar-refractivity contribution in [2.75, 3.05) is 25.5 Å². The van der Waals surface area contributed by atoms with Crippen molar-refractivity contribution in [1.29, 1.82) is 5.41 Å². The van der Waals surface area contributed by atoms with Crippen molar-refractivity contribution in [2.24, 2.45) is 5.73 Å². The van der Waals surface area contributed by atoms with Gasteiger partial charge in [-0.15, -0.1) is 0 Å². The molecule has 4 aromatic rings. The number of carboxylic acids is 1. The number of amides is 1. The molecule has 228 valence electrons. The van der Waals surface area contributed by atoms with Gasteiger partial charge in [-0.05, 0) is 71.6 Å². The van der Waals surface area contributed by atoms with Gasteiger partial charge in [0.05, 0.1) is 7.11 Å². The van der Waals surface area contributed by atoms with E-state index in [4.69, 9.17) is 20.6 Å². The average Bonchev–Trinajstić information content (AvgIpc) is 3.02. The number of methoxy groups -OCH3 is 1. The lowest BCUT2D eigenvalue weighted by Gasteiger charge is -2.28. The lowest BCUT2D eigenvalue weighted by atomic mass is 10.0. The molecule has 7 N–H and O–H groups in total. The van der Waals surface area contributed by atoms with Crippen molar-refractivity contribution in [2.45, 2.75) is 19.1 Å². The molecule has 11 heteroatoms. The number of nitrogen functional groups attached to an aromatic ring is 1. The van der Waals surface area contributed by atoms with Crippen molar-refractivity contribution in [3.63, 3.8) is 0 Å². The molecule has 0 aromatic heterocycles. The molecule has 4 aromatic carbocycles. The summed E-state index contributed by atoms with van der Waals surface area (Å²) in [5, 5.41) is 40.0. The number of ether oxygens (including phenoxy) is 2. The SMILES string of the molecule is COc1cc(C(Nc2ccc(C(=N)N)cc2)C(=O)N(CCc2ccc(O)c(O)c2)CC(=O)O)ccc1OCc1ccccc1. The van der Waals surface area contributed by atoms with E-state index in [1.807, 2.05) is 30.3 Å². The van der Waals surface area contributed by atoms with E-state index in [-0.39, 0.29) is 30.3 Å². The Bertz CT molecular complexity index is 1610. The molecule has 1 atom stereocenters. The van der Waals surface area contributed by atoms with Crippen LogP contribution in [0, 0.1) is 5.41 Å². The molecule has 0 fully saturated rings. The van der Waals surface area contributed by atoms with Gasteiger partial charge < -0.3 is 40.7 Å². The molecule has 1 amide bonds. The number of amidine groups is 1. The second-order valence-corrected chi connectivity index (χ2v) is 9.98. The van der Waals surface area contributed by atoms with Crippen LogP contribution in [0.2, 0.25) is 0 Å². The minimum Gasteiger partial charge on any atom is -0.504 e. The molecule has 0 heterocycles. The highest BCUT2D eigenvalue weighted by Crippen LogP contribution is 2.33. The Morgan fingerprint density at radius 3 is 2.27 bits per heavy atom. The smallest absolute Gasteiger partial charge is 0.323 e. The van der Waals surface area contributed by atoms with Crippen LogP contribution in [0.3, 0.4) is 0 Å². The molecule has 0 aliphatic rings. The number of phenolic OH excluding ortho intramolecular Hbond substituents is 2. The maximum absolute atomic E-state index is 14.1. The number of carbonyl (C=O) groups is 2. The molecule has 0 saturated carbocycles. The van der Waals surface area contributed by atoms with Crippen molar-refractivity contribution >= 4 is 23.4 Å². The highest BCUT2D eigenvalue weighted by Gasteiger charge is 2.28. The normalized spacial score (nSPS) is 11.3. The molecule has 0 radical (unpaired) electrons. The summed E-state index contributed by atoms with van der Waals surface area (Å²) in [5.41, 5.74) is 8.70. The third-order valence-electron chi connectivity index (χ3n) is 6.86. The van der Waals surface area contributed by atoms with Crippen LogP contribution < -0.4 is 20.5 Å². The number of rotatable bonds is 14. The molecule has 1 unspecified atom stereocenters. The van der Waals surface area contributed by atoms with E-state index in [1.165, 1.54) is 24.1 Å². The van der Waals surface area contributed by atoms with Gasteiger partial charge in [0.25, 0.3) is 0 Å². The molecule has 0 aliphatic carbocycles. The number of aromatic hydroxyl groups is 2. The number of hydrogen-bond donors (Lipinski definition) is 6. The first-order valence-electron chi connectivity index (χ1n) is 13.7. The van der Waals surface area contributed by atoms with Gasteiger partial charge in [-0.3, -0.25) is 15.0 Å². The van der Waals surface area contributed by atoms with Crippen LogP contribution in [0.1, 0.15) is 28.3 Å². The monoisotopic (exact) mass is 598 g/mol. The molecule has 0 aliphatic heterocycles. The average molecular weight is 599 g/mol. The van der Waals surface area contributed by atoms with E-state index in [2.05, 4.69) is 5.32 Å². The lowest BCUT2D eigenvalue weighted by molar-refractivity contribution is -0.144. The second-order valence-electron chi connectivity index (χ2n) is 9.98. The first-order valence-corrected chi connectivity index (χ1v) is 13.7. The Morgan fingerprint density at radius 2 is 1.64 bits per heavy atom. The number of nitrogens with zero attached hydrogens (tertiary/aromatic N) is 1. The van der Waals surface area contributed by atoms with Crippen LogP contribution in [0.15, 0.2) is 91.0 Å². The molecule has 0 spiro atoms. The molecular formula is C33H34N4O7. The fraction of sp³-hybridized carbons (Fsp3) is 0.182. The Balaban J connectivity index is 1.65. The van der Waals surface area contributed by atoms with Crippen LogP contribution in [0.25, 0.3) is 0 Å². The van der Waals surface area contributed by atoms with Gasteiger partial charge in [-0.2, -0.15) is 0 Å². The van der Waals surface area contributed by atoms with Gasteiger partial charge in [0.2, 0.25) is 5.91 Å². The molecule has 11 nitrogen and oxygen atoms in total. The van der Waals surface area contributed by atoms with Gasteiger partial charge in [0, 0.05) is 17.8 Å². The van der Waals surface area contributed by atoms with Crippen molar-refractivity contribution in [3.8, 4) is 23.0 Å². The third kappa shape index (κ3) is 8.19. The van der Waals surface area contributed by atoms with E-state index >= 15 is 0 Å². The zero-order chi connectivity index (χ0) is 31.6. The van der Waals surface area contributed by atoms with Gasteiger partial charge in [0.15, 0.2) is 23.0 Å². The van der Waals surface area contributed by atoms with Crippen molar-refractivity contribution < 1.29 is 34.4 Å². The number of carboxylic acid groups (broad SMARTS) is 1. The summed E-state index contributed by atoms with van der Waals surface area (Å²) in [6.07, 6.45) is 0.225. The van der Waals surface area contributed by atoms with E-state index in [9.17, 15) is 24.9 Å². The first-order chi connectivity index (χ1) is 21.1. The lowest BCUT2D eigenvalue weighted by Crippen LogP contribution is -2.42. The molecule has 44 heavy (non-hydrogen) atoms. The largest absolute Gasteiger partial charge is 0.504 e. The summed E-state index contributed by atoms with van der Waals surface area (Å²) in [6.45, 7) is -0.245. The zero-order valence-corrected chi connectivity index (χ0v) is 24.1. The quantitative estimate of drug-likeness (QED) is 0.0702. The number of hydrogen-bond acceptors (Lipinski definition) is 8. The summed E-state index contributed by atoms with van der Waals surface area (Å²) in [4.78, 5) is 27.1. The number of phenols is 2. The summed E-state index contributed by atoms with van der Waals surface area (Å²) >= 11 is 0. The van der Waals surface area contributed by atoms with Crippen LogP contribution in [0.5, 0.6) is 23.0 Å². The van der Waals surface area contributed by atoms with E-state index in [1.54, 1.807) is 48.5 Å².